The first kappa shape index (κ1) is 22.2. The van der Waals surface area contributed by atoms with Gasteiger partial charge in [-0.25, -0.2) is 8.42 Å². The number of hydrogen-bond donors (Lipinski definition) is 2. The number of sulfone groups is 1. The molecule has 0 bridgehead atoms. The van der Waals surface area contributed by atoms with E-state index in [1.54, 1.807) is 30.3 Å². The van der Waals surface area contributed by atoms with Gasteiger partial charge in [-0.2, -0.15) is 0 Å². The molecule has 0 saturated heterocycles. The summed E-state index contributed by atoms with van der Waals surface area (Å²) < 4.78 is 30.7. The highest BCUT2D eigenvalue weighted by Crippen LogP contribution is 2.38. The quantitative estimate of drug-likeness (QED) is 0.638. The Labute approximate surface area is 180 Å². The summed E-state index contributed by atoms with van der Waals surface area (Å²) in [6, 6.07) is 11.6. The lowest BCUT2D eigenvalue weighted by atomic mass is 10.2. The van der Waals surface area contributed by atoms with Crippen LogP contribution in [0.3, 0.4) is 0 Å². The number of nitrogens with one attached hydrogen (secondary N) is 2. The van der Waals surface area contributed by atoms with Gasteiger partial charge in [-0.1, -0.05) is 6.92 Å². The Hall–Kier alpha value is -2.52. The van der Waals surface area contributed by atoms with Gasteiger partial charge in [-0.05, 0) is 55.8 Å². The lowest BCUT2D eigenvalue weighted by Gasteiger charge is -2.23. The minimum Gasteiger partial charge on any atom is -0.494 e. The minimum atomic E-state index is -3.67. The predicted molar refractivity (Wildman–Crippen MR) is 118 cm³/mol. The Morgan fingerprint density at radius 1 is 1.17 bits per heavy atom. The first-order chi connectivity index (χ1) is 14.3. The van der Waals surface area contributed by atoms with E-state index in [-0.39, 0.29) is 28.2 Å². The number of thioether (sulfide) groups is 1. The maximum Gasteiger partial charge on any atom is 0.237 e. The van der Waals surface area contributed by atoms with Crippen molar-refractivity contribution in [3.63, 3.8) is 0 Å². The molecule has 3 rings (SSSR count). The molecule has 30 heavy (non-hydrogen) atoms. The molecule has 2 aromatic carbocycles. The molecule has 160 valence electrons. The molecule has 0 saturated carbocycles. The van der Waals surface area contributed by atoms with Crippen molar-refractivity contribution in [1.82, 2.24) is 0 Å². The molecule has 2 aromatic rings. The Balaban J connectivity index is 1.62. The topological polar surface area (TPSA) is 102 Å². The molecule has 2 N–H and O–H groups in total. The van der Waals surface area contributed by atoms with Gasteiger partial charge < -0.3 is 15.4 Å². The SMILES string of the molecule is CCOc1ccc(NC(=O)CCS(=O)(=O)c2ccc3c(c2)NC(=O)C(CC)S3)cc1. The Kier molecular flexibility index (Phi) is 7.04. The molecule has 2 amide bonds. The van der Waals surface area contributed by atoms with Crippen LogP contribution in [0.2, 0.25) is 0 Å². The van der Waals surface area contributed by atoms with E-state index in [2.05, 4.69) is 10.6 Å². The molecule has 1 aliphatic heterocycles. The summed E-state index contributed by atoms with van der Waals surface area (Å²) in [5.74, 6) is -0.150. The van der Waals surface area contributed by atoms with E-state index in [1.807, 2.05) is 13.8 Å². The van der Waals surface area contributed by atoms with Crippen LogP contribution in [0.15, 0.2) is 52.3 Å². The van der Waals surface area contributed by atoms with Crippen LogP contribution < -0.4 is 15.4 Å². The second-order valence-corrected chi connectivity index (χ2v) is 10.1. The van der Waals surface area contributed by atoms with Gasteiger partial charge in [0.05, 0.1) is 28.2 Å². The molecule has 0 aliphatic carbocycles. The van der Waals surface area contributed by atoms with Crippen molar-refractivity contribution in [3.8, 4) is 5.75 Å². The van der Waals surface area contributed by atoms with Crippen molar-refractivity contribution < 1.29 is 22.7 Å². The minimum absolute atomic E-state index is 0.0889. The van der Waals surface area contributed by atoms with Crippen LogP contribution >= 0.6 is 11.8 Å². The van der Waals surface area contributed by atoms with Crippen LogP contribution in [0.25, 0.3) is 0 Å². The van der Waals surface area contributed by atoms with Crippen molar-refractivity contribution in [2.75, 3.05) is 23.0 Å². The van der Waals surface area contributed by atoms with Crippen LogP contribution in [0.4, 0.5) is 11.4 Å². The highest BCUT2D eigenvalue weighted by Gasteiger charge is 2.27. The standard InChI is InChI=1S/C21H24N2O5S2/c1-3-18-21(25)23-17-13-16(9-10-19(17)29-18)30(26,27)12-11-20(24)22-14-5-7-15(8-6-14)28-4-2/h5-10,13,18H,3-4,11-12H2,1-2H3,(H,22,24)(H,23,25). The molecule has 7 nitrogen and oxygen atoms in total. The summed E-state index contributed by atoms with van der Waals surface area (Å²) >= 11 is 1.43. The molecule has 0 spiro atoms. The number of carbonyl (C=O) groups is 2. The summed E-state index contributed by atoms with van der Waals surface area (Å²) in [7, 11) is -3.67. The lowest BCUT2D eigenvalue weighted by Crippen LogP contribution is -2.28. The molecule has 0 aromatic heterocycles. The van der Waals surface area contributed by atoms with Crippen molar-refractivity contribution in [3.05, 3.63) is 42.5 Å². The second kappa shape index (κ2) is 9.53. The molecular weight excluding hydrogens is 424 g/mol. The maximum atomic E-state index is 12.7. The van der Waals surface area contributed by atoms with Gasteiger partial charge in [0.15, 0.2) is 9.84 Å². The molecule has 0 radical (unpaired) electrons. The van der Waals surface area contributed by atoms with Gasteiger partial charge in [-0.3, -0.25) is 9.59 Å². The van der Waals surface area contributed by atoms with Gasteiger partial charge in [0.25, 0.3) is 0 Å². The predicted octanol–water partition coefficient (Wildman–Crippen LogP) is 3.71. The van der Waals surface area contributed by atoms with Gasteiger partial charge in [0.1, 0.15) is 5.75 Å². The smallest absolute Gasteiger partial charge is 0.237 e. The number of rotatable bonds is 8. The Morgan fingerprint density at radius 3 is 2.57 bits per heavy atom. The number of benzene rings is 2. The Bertz CT molecular complexity index is 1040. The highest BCUT2D eigenvalue weighted by molar-refractivity contribution is 8.01. The third-order valence-electron chi connectivity index (χ3n) is 4.55. The Morgan fingerprint density at radius 2 is 1.90 bits per heavy atom. The van der Waals surface area contributed by atoms with Crippen LogP contribution in [0, 0.1) is 0 Å². The zero-order chi connectivity index (χ0) is 21.7. The highest BCUT2D eigenvalue weighted by atomic mass is 32.2. The van der Waals surface area contributed by atoms with Crippen molar-refractivity contribution >= 4 is 44.8 Å². The van der Waals surface area contributed by atoms with Gasteiger partial charge >= 0.3 is 0 Å². The van der Waals surface area contributed by atoms with Gasteiger partial charge in [0.2, 0.25) is 11.8 Å². The summed E-state index contributed by atoms with van der Waals surface area (Å²) in [4.78, 5) is 25.2. The van der Waals surface area contributed by atoms with Crippen LogP contribution in [-0.2, 0) is 19.4 Å². The van der Waals surface area contributed by atoms with Crippen molar-refractivity contribution in [1.29, 1.82) is 0 Å². The van der Waals surface area contributed by atoms with E-state index in [9.17, 15) is 18.0 Å². The van der Waals surface area contributed by atoms with Crippen LogP contribution in [0.5, 0.6) is 5.75 Å². The second-order valence-electron chi connectivity index (χ2n) is 6.74. The average molecular weight is 449 g/mol. The number of carbonyl (C=O) groups excluding carboxylic acids is 2. The normalized spacial score (nSPS) is 15.8. The average Bonchev–Trinajstić information content (AvgIpc) is 2.73. The fourth-order valence-corrected chi connectivity index (χ4v) is 5.25. The van der Waals surface area contributed by atoms with E-state index >= 15 is 0 Å². The number of amides is 2. The molecule has 9 heteroatoms. The van der Waals surface area contributed by atoms with Crippen molar-refractivity contribution in [2.24, 2.45) is 0 Å². The van der Waals surface area contributed by atoms with Crippen molar-refractivity contribution in [2.45, 2.75) is 41.7 Å². The van der Waals surface area contributed by atoms with E-state index in [4.69, 9.17) is 4.74 Å². The first-order valence-electron chi connectivity index (χ1n) is 9.69. The van der Waals surface area contributed by atoms with E-state index in [1.165, 1.54) is 23.9 Å². The van der Waals surface area contributed by atoms with E-state index in [0.717, 1.165) is 4.90 Å². The van der Waals surface area contributed by atoms with Crippen LogP contribution in [-0.4, -0.2) is 37.8 Å². The van der Waals surface area contributed by atoms with E-state index in [0.29, 0.717) is 30.2 Å². The van der Waals surface area contributed by atoms with Crippen LogP contribution in [0.1, 0.15) is 26.7 Å². The molecular formula is C21H24N2O5S2. The number of anilines is 2. The third kappa shape index (κ3) is 5.34. The zero-order valence-electron chi connectivity index (χ0n) is 16.8. The molecule has 1 heterocycles. The van der Waals surface area contributed by atoms with Gasteiger partial charge in [-0.15, -0.1) is 11.8 Å². The molecule has 1 atom stereocenters. The first-order valence-corrected chi connectivity index (χ1v) is 12.2. The number of fused-ring (bicyclic) bond motifs is 1. The largest absolute Gasteiger partial charge is 0.494 e. The fraction of sp³-hybridized carbons (Fsp3) is 0.333. The molecule has 0 fully saturated rings. The number of hydrogen-bond acceptors (Lipinski definition) is 6. The van der Waals surface area contributed by atoms with E-state index < -0.39 is 15.7 Å². The van der Waals surface area contributed by atoms with Gasteiger partial charge in [0, 0.05) is 17.0 Å². The maximum absolute atomic E-state index is 12.7. The fourth-order valence-electron chi connectivity index (χ4n) is 2.96. The monoisotopic (exact) mass is 448 g/mol. The molecule has 1 aliphatic rings. The summed E-state index contributed by atoms with van der Waals surface area (Å²) in [5, 5.41) is 5.28. The zero-order valence-corrected chi connectivity index (χ0v) is 18.4. The summed E-state index contributed by atoms with van der Waals surface area (Å²) in [6.45, 7) is 4.36. The summed E-state index contributed by atoms with van der Waals surface area (Å²) in [5.41, 5.74) is 1.06. The molecule has 1 unspecified atom stereocenters. The lowest BCUT2D eigenvalue weighted by molar-refractivity contribution is -0.116. The summed E-state index contributed by atoms with van der Waals surface area (Å²) in [6.07, 6.45) is 0.519. The number of ether oxygens (including phenoxy) is 1. The third-order valence-corrected chi connectivity index (χ3v) is 7.70.